The Morgan fingerprint density at radius 2 is 2.55 bits per heavy atom. The summed E-state index contributed by atoms with van der Waals surface area (Å²) in [6.45, 7) is 1.09. The molecule has 0 spiro atoms. The Morgan fingerprint density at radius 1 is 1.64 bits per heavy atom. The summed E-state index contributed by atoms with van der Waals surface area (Å²) >= 11 is 5.69. The molecule has 0 aromatic carbocycles. The van der Waals surface area contributed by atoms with Gasteiger partial charge in [-0.2, -0.15) is 0 Å². The molecule has 11 heavy (non-hydrogen) atoms. The van der Waals surface area contributed by atoms with Crippen LogP contribution in [0.4, 0.5) is 0 Å². The molecule has 60 valence electrons. The highest BCUT2D eigenvalue weighted by Crippen LogP contribution is 2.20. The van der Waals surface area contributed by atoms with Gasteiger partial charge >= 0.3 is 0 Å². The minimum atomic E-state index is 0.391. The highest BCUT2D eigenvalue weighted by atomic mass is 35.5. The van der Waals surface area contributed by atoms with E-state index in [4.69, 9.17) is 11.6 Å². The van der Waals surface area contributed by atoms with Crippen LogP contribution < -0.4 is 5.32 Å². The standard InChI is InChI=1S/C7H10ClN3/c8-6-4-10-7(11-6)5-2-1-3-9-5/h4-5,9H,1-3H2,(H,10,11)/t5-/m0/s1. The van der Waals surface area contributed by atoms with Crippen LogP contribution in [0.15, 0.2) is 6.20 Å². The van der Waals surface area contributed by atoms with Gasteiger partial charge in [0.25, 0.3) is 0 Å². The summed E-state index contributed by atoms with van der Waals surface area (Å²) in [6.07, 6.45) is 4.03. The smallest absolute Gasteiger partial charge is 0.126 e. The zero-order valence-corrected chi connectivity index (χ0v) is 6.86. The number of rotatable bonds is 1. The Bertz CT molecular complexity index is 240. The van der Waals surface area contributed by atoms with Crippen molar-refractivity contribution < 1.29 is 0 Å². The lowest BCUT2D eigenvalue weighted by Crippen LogP contribution is -2.13. The van der Waals surface area contributed by atoms with Crippen LogP contribution in [0.25, 0.3) is 0 Å². The van der Waals surface area contributed by atoms with Crippen LogP contribution in [-0.4, -0.2) is 16.5 Å². The third-order valence-corrected chi connectivity index (χ3v) is 2.15. The second-order valence-corrected chi connectivity index (χ2v) is 3.17. The van der Waals surface area contributed by atoms with Gasteiger partial charge in [-0.1, -0.05) is 11.6 Å². The molecule has 0 radical (unpaired) electrons. The normalized spacial score (nSPS) is 24.3. The molecular formula is C7H10ClN3. The van der Waals surface area contributed by atoms with Gasteiger partial charge in [0.1, 0.15) is 11.0 Å². The first-order valence-corrected chi connectivity index (χ1v) is 4.18. The fourth-order valence-electron chi connectivity index (χ4n) is 1.41. The predicted octanol–water partition coefficient (Wildman–Crippen LogP) is 1.49. The molecule has 1 saturated heterocycles. The second-order valence-electron chi connectivity index (χ2n) is 2.77. The Labute approximate surface area is 70.2 Å². The monoisotopic (exact) mass is 171 g/mol. The summed E-state index contributed by atoms with van der Waals surface area (Å²) in [7, 11) is 0. The van der Waals surface area contributed by atoms with Gasteiger partial charge in [0.05, 0.1) is 12.2 Å². The van der Waals surface area contributed by atoms with Crippen molar-refractivity contribution in [2.75, 3.05) is 6.54 Å². The predicted molar refractivity (Wildman–Crippen MR) is 43.6 cm³/mol. The number of H-pyrrole nitrogens is 1. The van der Waals surface area contributed by atoms with Crippen LogP contribution in [0.1, 0.15) is 24.7 Å². The van der Waals surface area contributed by atoms with Crippen LogP contribution >= 0.6 is 11.6 Å². The molecule has 1 aromatic heterocycles. The highest BCUT2D eigenvalue weighted by molar-refractivity contribution is 6.29. The molecule has 4 heteroatoms. The van der Waals surface area contributed by atoms with Gasteiger partial charge in [-0.25, -0.2) is 4.98 Å². The highest BCUT2D eigenvalue weighted by Gasteiger charge is 2.18. The Kier molecular flexibility index (Phi) is 1.84. The first kappa shape index (κ1) is 7.13. The van der Waals surface area contributed by atoms with Crippen molar-refractivity contribution in [2.24, 2.45) is 0 Å². The molecule has 0 aliphatic carbocycles. The molecule has 0 saturated carbocycles. The first-order chi connectivity index (χ1) is 5.36. The molecule has 2 heterocycles. The van der Waals surface area contributed by atoms with E-state index < -0.39 is 0 Å². The molecule has 1 aliphatic heterocycles. The zero-order valence-electron chi connectivity index (χ0n) is 6.10. The number of aromatic amines is 1. The van der Waals surface area contributed by atoms with Crippen molar-refractivity contribution in [1.82, 2.24) is 15.3 Å². The van der Waals surface area contributed by atoms with Crippen molar-refractivity contribution in [3.63, 3.8) is 0 Å². The number of imidazole rings is 1. The zero-order chi connectivity index (χ0) is 7.68. The average Bonchev–Trinajstić information content (AvgIpc) is 2.55. The summed E-state index contributed by atoms with van der Waals surface area (Å²) in [6, 6.07) is 0.391. The molecule has 2 N–H and O–H groups in total. The summed E-state index contributed by atoms with van der Waals surface area (Å²) in [5, 5.41) is 3.95. The van der Waals surface area contributed by atoms with Gasteiger partial charge in [-0.05, 0) is 19.4 Å². The van der Waals surface area contributed by atoms with E-state index in [1.165, 1.54) is 6.42 Å². The largest absolute Gasteiger partial charge is 0.332 e. The number of nitrogens with zero attached hydrogens (tertiary/aromatic N) is 1. The number of halogens is 1. The third kappa shape index (κ3) is 1.39. The lowest BCUT2D eigenvalue weighted by atomic mass is 10.2. The molecular weight excluding hydrogens is 162 g/mol. The van der Waals surface area contributed by atoms with Gasteiger partial charge in [0.2, 0.25) is 0 Å². The summed E-state index contributed by atoms with van der Waals surface area (Å²) < 4.78 is 0. The van der Waals surface area contributed by atoms with E-state index in [0.29, 0.717) is 11.2 Å². The lowest BCUT2D eigenvalue weighted by Gasteiger charge is -2.04. The SMILES string of the molecule is Clc1cnc([C@@H]2CCCN2)[nH]1. The van der Waals surface area contributed by atoms with Crippen LogP contribution in [0.2, 0.25) is 5.15 Å². The fourth-order valence-corrected chi connectivity index (χ4v) is 1.55. The van der Waals surface area contributed by atoms with Crippen molar-refractivity contribution in [2.45, 2.75) is 18.9 Å². The van der Waals surface area contributed by atoms with E-state index >= 15 is 0 Å². The number of aromatic nitrogens is 2. The molecule has 0 bridgehead atoms. The Morgan fingerprint density at radius 3 is 3.09 bits per heavy atom. The van der Waals surface area contributed by atoms with E-state index in [2.05, 4.69) is 15.3 Å². The van der Waals surface area contributed by atoms with Crippen LogP contribution in [0, 0.1) is 0 Å². The van der Waals surface area contributed by atoms with E-state index in [1.807, 2.05) is 0 Å². The topological polar surface area (TPSA) is 40.7 Å². The van der Waals surface area contributed by atoms with E-state index in [1.54, 1.807) is 6.20 Å². The van der Waals surface area contributed by atoms with Crippen LogP contribution in [0.5, 0.6) is 0 Å². The minimum absolute atomic E-state index is 0.391. The molecule has 1 atom stereocenters. The van der Waals surface area contributed by atoms with Crippen LogP contribution in [-0.2, 0) is 0 Å². The maximum atomic E-state index is 5.69. The van der Waals surface area contributed by atoms with Gasteiger partial charge < -0.3 is 10.3 Å². The molecule has 1 aliphatic rings. The third-order valence-electron chi connectivity index (χ3n) is 1.95. The number of hydrogen-bond donors (Lipinski definition) is 2. The molecule has 2 rings (SSSR count). The van der Waals surface area contributed by atoms with E-state index in [0.717, 1.165) is 18.8 Å². The van der Waals surface area contributed by atoms with Gasteiger partial charge in [0, 0.05) is 0 Å². The molecule has 1 aromatic rings. The quantitative estimate of drug-likeness (QED) is 0.672. The van der Waals surface area contributed by atoms with Crippen molar-refractivity contribution in [3.05, 3.63) is 17.2 Å². The van der Waals surface area contributed by atoms with Gasteiger partial charge in [-0.15, -0.1) is 0 Å². The summed E-state index contributed by atoms with van der Waals surface area (Å²) in [5.74, 6) is 0.965. The Hall–Kier alpha value is -0.540. The average molecular weight is 172 g/mol. The number of hydrogen-bond acceptors (Lipinski definition) is 2. The van der Waals surface area contributed by atoms with E-state index in [9.17, 15) is 0 Å². The van der Waals surface area contributed by atoms with Crippen LogP contribution in [0.3, 0.4) is 0 Å². The number of nitrogens with one attached hydrogen (secondary N) is 2. The van der Waals surface area contributed by atoms with E-state index in [-0.39, 0.29) is 0 Å². The van der Waals surface area contributed by atoms with Gasteiger partial charge in [-0.3, -0.25) is 0 Å². The first-order valence-electron chi connectivity index (χ1n) is 3.80. The summed E-state index contributed by atoms with van der Waals surface area (Å²) in [5.41, 5.74) is 0. The molecule has 3 nitrogen and oxygen atoms in total. The fraction of sp³-hybridized carbons (Fsp3) is 0.571. The van der Waals surface area contributed by atoms with Crippen molar-refractivity contribution in [3.8, 4) is 0 Å². The second kappa shape index (κ2) is 2.83. The maximum Gasteiger partial charge on any atom is 0.126 e. The minimum Gasteiger partial charge on any atom is -0.332 e. The summed E-state index contributed by atoms with van der Waals surface area (Å²) in [4.78, 5) is 7.16. The van der Waals surface area contributed by atoms with Crippen molar-refractivity contribution >= 4 is 11.6 Å². The lowest BCUT2D eigenvalue weighted by molar-refractivity contribution is 0.612. The van der Waals surface area contributed by atoms with Crippen molar-refractivity contribution in [1.29, 1.82) is 0 Å². The molecule has 1 fully saturated rings. The van der Waals surface area contributed by atoms with Gasteiger partial charge in [0.15, 0.2) is 0 Å². The Balaban J connectivity index is 2.15. The maximum absolute atomic E-state index is 5.69. The molecule has 0 amide bonds. The molecule has 0 unspecified atom stereocenters.